The zero-order valence-corrected chi connectivity index (χ0v) is 13.2. The van der Waals surface area contributed by atoms with Crippen LogP contribution in [0.3, 0.4) is 0 Å². The summed E-state index contributed by atoms with van der Waals surface area (Å²) in [4.78, 5) is 23.0. The molecule has 4 nitrogen and oxygen atoms in total. The van der Waals surface area contributed by atoms with Gasteiger partial charge < -0.3 is 9.84 Å². The van der Waals surface area contributed by atoms with E-state index in [-0.39, 0.29) is 23.4 Å². The third-order valence-corrected chi connectivity index (χ3v) is 5.54. The van der Waals surface area contributed by atoms with Crippen LogP contribution in [0.5, 0.6) is 0 Å². The molecule has 2 rings (SSSR count). The standard InChI is InChI=1S/C17H26O4/c1-10(2)13-5-6-14(16(19)20)17(13)8-7-11(3)15(9-17)21-12(4)18/h10,13-15H,3,5-9H2,1-2,4H3,(H,19,20)/t13-,14+,15-,17-/m0/s1. The summed E-state index contributed by atoms with van der Waals surface area (Å²) in [6.45, 7) is 9.75. The molecule has 2 fully saturated rings. The van der Waals surface area contributed by atoms with Crippen LogP contribution in [0.1, 0.15) is 52.9 Å². The lowest BCUT2D eigenvalue weighted by molar-refractivity contribution is -0.153. The number of ether oxygens (including phenoxy) is 1. The lowest BCUT2D eigenvalue weighted by atomic mass is 9.59. The maximum absolute atomic E-state index is 11.7. The summed E-state index contributed by atoms with van der Waals surface area (Å²) in [7, 11) is 0. The van der Waals surface area contributed by atoms with Gasteiger partial charge in [0.1, 0.15) is 6.10 Å². The predicted molar refractivity (Wildman–Crippen MR) is 79.7 cm³/mol. The van der Waals surface area contributed by atoms with Crippen molar-refractivity contribution in [3.05, 3.63) is 12.2 Å². The minimum Gasteiger partial charge on any atom is -0.481 e. The molecule has 21 heavy (non-hydrogen) atoms. The highest BCUT2D eigenvalue weighted by Crippen LogP contribution is 2.59. The van der Waals surface area contributed by atoms with Crippen LogP contribution in [-0.2, 0) is 14.3 Å². The van der Waals surface area contributed by atoms with E-state index in [0.29, 0.717) is 18.3 Å². The third kappa shape index (κ3) is 2.85. The molecule has 1 spiro atoms. The molecule has 2 aliphatic carbocycles. The lowest BCUT2D eigenvalue weighted by Gasteiger charge is -2.46. The zero-order chi connectivity index (χ0) is 15.8. The summed E-state index contributed by atoms with van der Waals surface area (Å²) in [5, 5.41) is 9.63. The third-order valence-electron chi connectivity index (χ3n) is 5.54. The first-order chi connectivity index (χ1) is 9.78. The molecule has 0 bridgehead atoms. The molecule has 0 aromatic rings. The largest absolute Gasteiger partial charge is 0.481 e. The maximum Gasteiger partial charge on any atom is 0.307 e. The lowest BCUT2D eigenvalue weighted by Crippen LogP contribution is -2.45. The van der Waals surface area contributed by atoms with E-state index in [0.717, 1.165) is 31.3 Å². The normalized spacial score (nSPS) is 36.2. The molecule has 0 amide bonds. The van der Waals surface area contributed by atoms with E-state index in [9.17, 15) is 14.7 Å². The quantitative estimate of drug-likeness (QED) is 0.640. The second kappa shape index (κ2) is 5.82. The molecular weight excluding hydrogens is 268 g/mol. The summed E-state index contributed by atoms with van der Waals surface area (Å²) in [6.07, 6.45) is 3.59. The number of hydrogen-bond acceptors (Lipinski definition) is 3. The minimum atomic E-state index is -0.702. The number of rotatable bonds is 3. The van der Waals surface area contributed by atoms with Gasteiger partial charge in [-0.25, -0.2) is 0 Å². The van der Waals surface area contributed by atoms with Gasteiger partial charge >= 0.3 is 11.9 Å². The monoisotopic (exact) mass is 294 g/mol. The van der Waals surface area contributed by atoms with Crippen LogP contribution in [0.4, 0.5) is 0 Å². The fourth-order valence-electron chi connectivity index (χ4n) is 4.67. The number of carbonyl (C=O) groups excluding carboxylic acids is 1. The molecule has 0 aromatic carbocycles. The van der Waals surface area contributed by atoms with E-state index in [4.69, 9.17) is 4.74 Å². The average Bonchev–Trinajstić information content (AvgIpc) is 2.72. The Morgan fingerprint density at radius 1 is 1.38 bits per heavy atom. The van der Waals surface area contributed by atoms with Crippen LogP contribution < -0.4 is 0 Å². The average molecular weight is 294 g/mol. The fourth-order valence-corrected chi connectivity index (χ4v) is 4.67. The van der Waals surface area contributed by atoms with Crippen molar-refractivity contribution in [2.75, 3.05) is 0 Å². The van der Waals surface area contributed by atoms with E-state index in [1.807, 2.05) is 0 Å². The number of hydrogen-bond donors (Lipinski definition) is 1. The van der Waals surface area contributed by atoms with Crippen LogP contribution >= 0.6 is 0 Å². The first-order valence-electron chi connectivity index (χ1n) is 7.85. The molecule has 0 aliphatic heterocycles. The van der Waals surface area contributed by atoms with E-state index in [1.165, 1.54) is 6.92 Å². The Hall–Kier alpha value is -1.32. The Bertz CT molecular complexity index is 454. The number of carboxylic acid groups (broad SMARTS) is 1. The van der Waals surface area contributed by atoms with Gasteiger partial charge in [0, 0.05) is 6.92 Å². The SMILES string of the molecule is C=C1CC[C@@]2(C[C@@H]1OC(C)=O)[C@@H](C(=O)O)CC[C@H]2C(C)C. The molecular formula is C17H26O4. The summed E-state index contributed by atoms with van der Waals surface area (Å²) < 4.78 is 5.41. The van der Waals surface area contributed by atoms with E-state index < -0.39 is 5.97 Å². The Balaban J connectivity index is 2.32. The van der Waals surface area contributed by atoms with Crippen LogP contribution in [0.15, 0.2) is 12.2 Å². The molecule has 0 saturated heterocycles. The minimum absolute atomic E-state index is 0.249. The highest BCUT2D eigenvalue weighted by Gasteiger charge is 2.56. The van der Waals surface area contributed by atoms with Crippen LogP contribution in [0.2, 0.25) is 0 Å². The van der Waals surface area contributed by atoms with Gasteiger partial charge in [-0.3, -0.25) is 9.59 Å². The van der Waals surface area contributed by atoms with Gasteiger partial charge in [0.25, 0.3) is 0 Å². The van der Waals surface area contributed by atoms with Crippen molar-refractivity contribution in [2.45, 2.75) is 59.0 Å². The van der Waals surface area contributed by atoms with Crippen LogP contribution in [0.25, 0.3) is 0 Å². The molecule has 118 valence electrons. The number of esters is 1. The van der Waals surface area contributed by atoms with Crippen molar-refractivity contribution in [1.82, 2.24) is 0 Å². The second-order valence-electron chi connectivity index (χ2n) is 7.01. The van der Waals surface area contributed by atoms with Gasteiger partial charge in [-0.2, -0.15) is 0 Å². The first-order valence-corrected chi connectivity index (χ1v) is 7.85. The molecule has 0 radical (unpaired) electrons. The van der Waals surface area contributed by atoms with Crippen LogP contribution in [-0.4, -0.2) is 23.1 Å². The molecule has 4 heteroatoms. The van der Waals surface area contributed by atoms with E-state index in [2.05, 4.69) is 20.4 Å². The molecule has 0 unspecified atom stereocenters. The van der Waals surface area contributed by atoms with Gasteiger partial charge in [-0.05, 0) is 54.9 Å². The number of carbonyl (C=O) groups is 2. The predicted octanol–water partition coefficient (Wildman–Crippen LogP) is 3.41. The van der Waals surface area contributed by atoms with Crippen molar-refractivity contribution < 1.29 is 19.4 Å². The highest BCUT2D eigenvalue weighted by molar-refractivity contribution is 5.72. The molecule has 0 heterocycles. The number of aliphatic carboxylic acids is 1. The molecule has 1 N–H and O–H groups in total. The highest BCUT2D eigenvalue weighted by atomic mass is 16.5. The Labute approximate surface area is 126 Å². The summed E-state index contributed by atoms with van der Waals surface area (Å²) in [5.74, 6) is -0.518. The van der Waals surface area contributed by atoms with Gasteiger partial charge in [-0.15, -0.1) is 0 Å². The second-order valence-corrected chi connectivity index (χ2v) is 7.01. The van der Waals surface area contributed by atoms with Gasteiger partial charge in [0.2, 0.25) is 0 Å². The summed E-state index contributed by atoms with van der Waals surface area (Å²) in [6, 6.07) is 0. The maximum atomic E-state index is 11.7. The van der Waals surface area contributed by atoms with Gasteiger partial charge in [-0.1, -0.05) is 20.4 Å². The zero-order valence-electron chi connectivity index (χ0n) is 13.2. The molecule has 2 aliphatic rings. The van der Waals surface area contributed by atoms with Crippen molar-refractivity contribution in [3.8, 4) is 0 Å². The summed E-state index contributed by atoms with van der Waals surface area (Å²) >= 11 is 0. The van der Waals surface area contributed by atoms with E-state index in [1.54, 1.807) is 0 Å². The Kier molecular flexibility index (Phi) is 4.45. The van der Waals surface area contributed by atoms with Crippen molar-refractivity contribution >= 4 is 11.9 Å². The van der Waals surface area contributed by atoms with Gasteiger partial charge in [0.15, 0.2) is 0 Å². The molecule has 2 saturated carbocycles. The topological polar surface area (TPSA) is 63.6 Å². The molecule has 4 atom stereocenters. The number of carboxylic acids is 1. The van der Waals surface area contributed by atoms with Crippen molar-refractivity contribution in [2.24, 2.45) is 23.2 Å². The smallest absolute Gasteiger partial charge is 0.307 e. The van der Waals surface area contributed by atoms with Gasteiger partial charge in [0.05, 0.1) is 5.92 Å². The summed E-state index contributed by atoms with van der Waals surface area (Å²) in [5.41, 5.74) is 0.677. The van der Waals surface area contributed by atoms with E-state index >= 15 is 0 Å². The fraction of sp³-hybridized carbons (Fsp3) is 0.765. The Morgan fingerprint density at radius 2 is 2.05 bits per heavy atom. The van der Waals surface area contributed by atoms with Crippen molar-refractivity contribution in [1.29, 1.82) is 0 Å². The molecule has 0 aromatic heterocycles. The Morgan fingerprint density at radius 3 is 2.57 bits per heavy atom. The first kappa shape index (κ1) is 16.1. The van der Waals surface area contributed by atoms with Crippen molar-refractivity contribution in [3.63, 3.8) is 0 Å². The van der Waals surface area contributed by atoms with Crippen LogP contribution in [0, 0.1) is 23.2 Å².